The highest BCUT2D eigenvalue weighted by atomic mass is 16.4. The number of nitrogens with zero attached hydrogens (tertiary/aromatic N) is 3. The topological polar surface area (TPSA) is 79.5 Å². The van der Waals surface area contributed by atoms with E-state index in [1.165, 1.54) is 0 Å². The van der Waals surface area contributed by atoms with Crippen molar-refractivity contribution >= 4 is 17.3 Å². The van der Waals surface area contributed by atoms with Gasteiger partial charge >= 0.3 is 5.97 Å². The smallest absolute Gasteiger partial charge is 0.308 e. The Morgan fingerprint density at radius 3 is 3.16 bits per heavy atom. The minimum absolute atomic E-state index is 0.0496. The molecule has 1 fully saturated rings. The van der Waals surface area contributed by atoms with Crippen molar-refractivity contribution in [1.82, 2.24) is 14.6 Å². The van der Waals surface area contributed by atoms with Gasteiger partial charge in [-0.25, -0.2) is 9.50 Å². The first kappa shape index (κ1) is 12.0. The molecule has 0 bridgehead atoms. The SMILES string of the molecule is Cc1cc2c(NC3CCCC3C(=O)O)nccn2n1. The maximum absolute atomic E-state index is 11.2. The Labute approximate surface area is 110 Å². The van der Waals surface area contributed by atoms with Gasteiger partial charge in [-0.05, 0) is 25.8 Å². The van der Waals surface area contributed by atoms with Gasteiger partial charge < -0.3 is 10.4 Å². The molecule has 2 heterocycles. The molecule has 19 heavy (non-hydrogen) atoms. The quantitative estimate of drug-likeness (QED) is 0.878. The van der Waals surface area contributed by atoms with Gasteiger partial charge in [0.15, 0.2) is 5.82 Å². The first-order chi connectivity index (χ1) is 9.15. The maximum atomic E-state index is 11.2. The number of aryl methyl sites for hydroxylation is 1. The van der Waals surface area contributed by atoms with Crippen LogP contribution in [0.2, 0.25) is 0 Å². The predicted octanol–water partition coefficient (Wildman–Crippen LogP) is 1.70. The normalized spacial score (nSPS) is 22.8. The van der Waals surface area contributed by atoms with Gasteiger partial charge in [0.05, 0.1) is 11.6 Å². The monoisotopic (exact) mass is 260 g/mol. The summed E-state index contributed by atoms with van der Waals surface area (Å²) in [7, 11) is 0. The molecule has 6 nitrogen and oxygen atoms in total. The molecule has 0 aliphatic heterocycles. The van der Waals surface area contributed by atoms with Crippen LogP contribution in [0.1, 0.15) is 25.0 Å². The Morgan fingerprint density at radius 1 is 1.53 bits per heavy atom. The van der Waals surface area contributed by atoms with Crippen LogP contribution in [0, 0.1) is 12.8 Å². The van der Waals surface area contributed by atoms with Crippen molar-refractivity contribution in [1.29, 1.82) is 0 Å². The van der Waals surface area contributed by atoms with Crippen molar-refractivity contribution in [2.45, 2.75) is 32.2 Å². The first-order valence-electron chi connectivity index (χ1n) is 6.45. The van der Waals surface area contributed by atoms with E-state index in [4.69, 9.17) is 0 Å². The van der Waals surface area contributed by atoms with Crippen molar-refractivity contribution in [3.63, 3.8) is 0 Å². The second kappa shape index (κ2) is 4.53. The summed E-state index contributed by atoms with van der Waals surface area (Å²) in [5.41, 5.74) is 1.80. The fourth-order valence-corrected chi connectivity index (χ4v) is 2.76. The summed E-state index contributed by atoms with van der Waals surface area (Å²) < 4.78 is 1.76. The molecule has 1 saturated carbocycles. The van der Waals surface area contributed by atoms with Crippen molar-refractivity contribution in [2.75, 3.05) is 5.32 Å². The number of carboxylic acid groups (broad SMARTS) is 1. The fraction of sp³-hybridized carbons (Fsp3) is 0.462. The molecule has 2 aromatic rings. The van der Waals surface area contributed by atoms with Crippen molar-refractivity contribution in [3.05, 3.63) is 24.2 Å². The summed E-state index contributed by atoms with van der Waals surface area (Å²) in [5.74, 6) is -0.348. The van der Waals surface area contributed by atoms with Crippen LogP contribution in [-0.4, -0.2) is 31.7 Å². The number of hydrogen-bond donors (Lipinski definition) is 2. The third-order valence-electron chi connectivity index (χ3n) is 3.67. The molecule has 0 spiro atoms. The van der Waals surface area contributed by atoms with E-state index in [0.717, 1.165) is 30.5 Å². The second-order valence-corrected chi connectivity index (χ2v) is 5.02. The van der Waals surface area contributed by atoms with Gasteiger partial charge in [0.2, 0.25) is 0 Å². The van der Waals surface area contributed by atoms with Crippen LogP contribution in [0.15, 0.2) is 18.5 Å². The lowest BCUT2D eigenvalue weighted by Gasteiger charge is -2.18. The summed E-state index contributed by atoms with van der Waals surface area (Å²) in [4.78, 5) is 15.5. The molecule has 100 valence electrons. The summed E-state index contributed by atoms with van der Waals surface area (Å²) in [5, 5.41) is 16.8. The van der Waals surface area contributed by atoms with Crippen molar-refractivity contribution in [3.8, 4) is 0 Å². The molecular formula is C13H16N4O2. The third-order valence-corrected chi connectivity index (χ3v) is 3.67. The Morgan fingerprint density at radius 2 is 2.37 bits per heavy atom. The number of aromatic nitrogens is 3. The highest BCUT2D eigenvalue weighted by Gasteiger charge is 2.33. The van der Waals surface area contributed by atoms with E-state index in [2.05, 4.69) is 15.4 Å². The Balaban J connectivity index is 1.91. The van der Waals surface area contributed by atoms with E-state index in [1.807, 2.05) is 13.0 Å². The third kappa shape index (κ3) is 2.14. The average molecular weight is 260 g/mol. The molecule has 2 N–H and O–H groups in total. The summed E-state index contributed by atoms with van der Waals surface area (Å²) >= 11 is 0. The van der Waals surface area contributed by atoms with Gasteiger partial charge in [-0.1, -0.05) is 6.42 Å². The molecule has 1 aliphatic rings. The Hall–Kier alpha value is -2.11. The standard InChI is InChI=1S/C13H16N4O2/c1-8-7-11-12(14-5-6-17(11)16-8)15-10-4-2-3-9(10)13(18)19/h5-7,9-10H,2-4H2,1H3,(H,14,15)(H,18,19). The van der Waals surface area contributed by atoms with Crippen LogP contribution >= 0.6 is 0 Å². The van der Waals surface area contributed by atoms with E-state index in [0.29, 0.717) is 5.82 Å². The minimum Gasteiger partial charge on any atom is -0.481 e. The summed E-state index contributed by atoms with van der Waals surface area (Å²) in [6.07, 6.45) is 6.00. The highest BCUT2D eigenvalue weighted by Crippen LogP contribution is 2.29. The zero-order chi connectivity index (χ0) is 13.4. The van der Waals surface area contributed by atoms with Gasteiger partial charge in [0.25, 0.3) is 0 Å². The Bertz CT molecular complexity index is 622. The summed E-state index contributed by atoms with van der Waals surface area (Å²) in [6, 6.07) is 1.89. The van der Waals surface area contributed by atoms with Crippen LogP contribution in [0.3, 0.4) is 0 Å². The molecule has 0 saturated heterocycles. The predicted molar refractivity (Wildman–Crippen MR) is 70.1 cm³/mol. The highest BCUT2D eigenvalue weighted by molar-refractivity contribution is 5.73. The number of rotatable bonds is 3. The number of carboxylic acids is 1. The minimum atomic E-state index is -0.730. The van der Waals surface area contributed by atoms with E-state index >= 15 is 0 Å². The van der Waals surface area contributed by atoms with Gasteiger partial charge in [-0.2, -0.15) is 5.10 Å². The van der Waals surface area contributed by atoms with Crippen LogP contribution < -0.4 is 5.32 Å². The number of carbonyl (C=O) groups is 1. The van der Waals surface area contributed by atoms with Crippen LogP contribution in [-0.2, 0) is 4.79 Å². The molecule has 1 aliphatic carbocycles. The van der Waals surface area contributed by atoms with Gasteiger partial charge in [-0.3, -0.25) is 4.79 Å². The molecule has 6 heteroatoms. The summed E-state index contributed by atoms with van der Waals surface area (Å²) in [6.45, 7) is 1.92. The average Bonchev–Trinajstić information content (AvgIpc) is 2.95. The lowest BCUT2D eigenvalue weighted by molar-refractivity contribution is -0.141. The molecule has 0 amide bonds. The van der Waals surface area contributed by atoms with Crippen LogP contribution in [0.25, 0.3) is 5.52 Å². The fourth-order valence-electron chi connectivity index (χ4n) is 2.76. The molecular weight excluding hydrogens is 244 g/mol. The maximum Gasteiger partial charge on any atom is 0.308 e. The lowest BCUT2D eigenvalue weighted by atomic mass is 10.0. The van der Waals surface area contributed by atoms with Gasteiger partial charge in [-0.15, -0.1) is 0 Å². The molecule has 0 aromatic carbocycles. The largest absolute Gasteiger partial charge is 0.481 e. The van der Waals surface area contributed by atoms with E-state index < -0.39 is 5.97 Å². The number of fused-ring (bicyclic) bond motifs is 1. The zero-order valence-corrected chi connectivity index (χ0v) is 10.7. The van der Waals surface area contributed by atoms with Crippen molar-refractivity contribution < 1.29 is 9.90 Å². The molecule has 0 radical (unpaired) electrons. The number of aliphatic carboxylic acids is 1. The van der Waals surface area contributed by atoms with Crippen LogP contribution in [0.5, 0.6) is 0 Å². The number of nitrogens with one attached hydrogen (secondary N) is 1. The van der Waals surface area contributed by atoms with Gasteiger partial charge in [0.1, 0.15) is 5.52 Å². The molecule has 3 rings (SSSR count). The van der Waals surface area contributed by atoms with Crippen LogP contribution in [0.4, 0.5) is 5.82 Å². The van der Waals surface area contributed by atoms with E-state index in [1.54, 1.807) is 16.9 Å². The first-order valence-corrected chi connectivity index (χ1v) is 6.45. The van der Waals surface area contributed by atoms with E-state index in [-0.39, 0.29) is 12.0 Å². The molecule has 2 atom stereocenters. The lowest BCUT2D eigenvalue weighted by Crippen LogP contribution is -2.30. The number of hydrogen-bond acceptors (Lipinski definition) is 4. The zero-order valence-electron chi connectivity index (χ0n) is 10.7. The number of anilines is 1. The van der Waals surface area contributed by atoms with Gasteiger partial charge in [0, 0.05) is 18.4 Å². The Kier molecular flexibility index (Phi) is 2.85. The molecule has 2 unspecified atom stereocenters. The second-order valence-electron chi connectivity index (χ2n) is 5.02. The van der Waals surface area contributed by atoms with Crippen molar-refractivity contribution in [2.24, 2.45) is 5.92 Å². The van der Waals surface area contributed by atoms with E-state index in [9.17, 15) is 9.90 Å². The molecule has 2 aromatic heterocycles.